The first-order valence-electron chi connectivity index (χ1n) is 10.1. The van der Waals surface area contributed by atoms with Gasteiger partial charge < -0.3 is 19.5 Å². The van der Waals surface area contributed by atoms with Crippen molar-refractivity contribution in [3.63, 3.8) is 0 Å². The minimum atomic E-state index is 0.176. The summed E-state index contributed by atoms with van der Waals surface area (Å²) in [6, 6.07) is 5.75. The molecule has 6 heteroatoms. The molecular weight excluding hydrogens is 354 g/mol. The van der Waals surface area contributed by atoms with Gasteiger partial charge in [-0.25, -0.2) is 0 Å². The van der Waals surface area contributed by atoms with Crippen LogP contribution in [0.3, 0.4) is 0 Å². The van der Waals surface area contributed by atoms with Gasteiger partial charge in [0.1, 0.15) is 11.5 Å². The molecule has 1 saturated heterocycles. The van der Waals surface area contributed by atoms with Gasteiger partial charge >= 0.3 is 0 Å². The second kappa shape index (κ2) is 9.24. The van der Waals surface area contributed by atoms with E-state index in [1.807, 2.05) is 39.1 Å². The van der Waals surface area contributed by atoms with Crippen molar-refractivity contribution in [1.29, 1.82) is 0 Å². The molecule has 1 aliphatic carbocycles. The van der Waals surface area contributed by atoms with Crippen LogP contribution in [0.25, 0.3) is 11.1 Å². The number of nitrogens with one attached hydrogen (secondary N) is 1. The van der Waals surface area contributed by atoms with Gasteiger partial charge in [-0.1, -0.05) is 11.6 Å². The number of amides is 1. The minimum absolute atomic E-state index is 0.176. The van der Waals surface area contributed by atoms with Gasteiger partial charge in [-0.05, 0) is 70.8 Å². The number of methoxy groups -OCH3 is 1. The van der Waals surface area contributed by atoms with Crippen molar-refractivity contribution in [2.75, 3.05) is 32.1 Å². The zero-order valence-electron chi connectivity index (χ0n) is 17.4. The highest BCUT2D eigenvalue weighted by Crippen LogP contribution is 2.38. The molecule has 4 rings (SSSR count). The van der Waals surface area contributed by atoms with Gasteiger partial charge in [0.05, 0.1) is 18.4 Å². The molecule has 1 aliphatic heterocycles. The lowest BCUT2D eigenvalue weighted by Crippen LogP contribution is -2.27. The topological polar surface area (TPSA) is 67.6 Å². The number of aromatic nitrogens is 1. The molecule has 0 radical (unpaired) electrons. The van der Waals surface area contributed by atoms with Crippen molar-refractivity contribution in [3.05, 3.63) is 29.7 Å². The molecule has 28 heavy (non-hydrogen) atoms. The summed E-state index contributed by atoms with van der Waals surface area (Å²) >= 11 is 0. The molecule has 2 aromatic rings. The summed E-state index contributed by atoms with van der Waals surface area (Å²) in [7, 11) is 3.45. The predicted octanol–water partition coefficient (Wildman–Crippen LogP) is 4.10. The van der Waals surface area contributed by atoms with Gasteiger partial charge in [-0.2, -0.15) is 0 Å². The van der Waals surface area contributed by atoms with Crippen LogP contribution < -0.4 is 15.0 Å². The highest BCUT2D eigenvalue weighted by molar-refractivity contribution is 5.97. The van der Waals surface area contributed by atoms with Crippen LogP contribution in [0.1, 0.15) is 43.6 Å². The van der Waals surface area contributed by atoms with Crippen molar-refractivity contribution in [2.45, 2.75) is 46.0 Å². The number of carbonyl (C=O) groups excluding carboxylic acids is 1. The van der Waals surface area contributed by atoms with E-state index >= 15 is 0 Å². The molecule has 1 aromatic heterocycles. The molecule has 0 spiro atoms. The second-order valence-corrected chi connectivity index (χ2v) is 7.57. The minimum Gasteiger partial charge on any atom is -0.496 e. The summed E-state index contributed by atoms with van der Waals surface area (Å²) in [5.74, 6) is 1.85. The highest BCUT2D eigenvalue weighted by Gasteiger charge is 2.32. The first-order valence-corrected chi connectivity index (χ1v) is 10.1. The van der Waals surface area contributed by atoms with E-state index in [0.717, 1.165) is 46.9 Å². The van der Waals surface area contributed by atoms with Crippen molar-refractivity contribution >= 4 is 11.6 Å². The van der Waals surface area contributed by atoms with Gasteiger partial charge in [0.15, 0.2) is 0 Å². The maximum Gasteiger partial charge on any atom is 0.229 e. The lowest BCUT2D eigenvalue weighted by atomic mass is 10.0. The van der Waals surface area contributed by atoms with Crippen LogP contribution in [-0.2, 0) is 4.79 Å². The molecule has 1 amide bonds. The van der Waals surface area contributed by atoms with E-state index in [1.54, 1.807) is 12.0 Å². The van der Waals surface area contributed by atoms with E-state index in [0.29, 0.717) is 0 Å². The Morgan fingerprint density at radius 2 is 1.93 bits per heavy atom. The van der Waals surface area contributed by atoms with Crippen molar-refractivity contribution in [3.8, 4) is 16.9 Å². The summed E-state index contributed by atoms with van der Waals surface area (Å²) in [5.41, 5.74) is 3.48. The molecule has 2 aliphatic rings. The van der Waals surface area contributed by atoms with Crippen molar-refractivity contribution < 1.29 is 14.1 Å². The van der Waals surface area contributed by atoms with E-state index < -0.39 is 0 Å². The Kier molecular flexibility index (Phi) is 6.73. The van der Waals surface area contributed by atoms with Gasteiger partial charge in [0, 0.05) is 24.2 Å². The average molecular weight is 386 g/mol. The van der Waals surface area contributed by atoms with Crippen LogP contribution in [-0.4, -0.2) is 38.3 Å². The third-order valence-corrected chi connectivity index (χ3v) is 5.34. The van der Waals surface area contributed by atoms with E-state index in [9.17, 15) is 4.79 Å². The van der Waals surface area contributed by atoms with E-state index in [2.05, 4.69) is 10.5 Å². The van der Waals surface area contributed by atoms with Crippen molar-refractivity contribution in [1.82, 2.24) is 10.5 Å². The quantitative estimate of drug-likeness (QED) is 0.858. The summed E-state index contributed by atoms with van der Waals surface area (Å²) in [6.45, 7) is 6.28. The van der Waals surface area contributed by atoms with Gasteiger partial charge in [-0.15, -0.1) is 0 Å². The monoisotopic (exact) mass is 385 g/mol. The molecule has 1 saturated carbocycles. The Labute approximate surface area is 167 Å². The summed E-state index contributed by atoms with van der Waals surface area (Å²) in [6.07, 6.45) is 6.21. The molecule has 152 valence electrons. The lowest BCUT2D eigenvalue weighted by molar-refractivity contribution is -0.119. The maximum atomic E-state index is 12.3. The first kappa shape index (κ1) is 20.4. The Bertz CT molecular complexity index is 776. The second-order valence-electron chi connectivity index (χ2n) is 7.57. The number of piperidine rings is 1. The number of benzene rings is 1. The number of carbonyl (C=O) groups is 1. The molecule has 2 heterocycles. The fraction of sp³-hybridized carbons (Fsp3) is 0.545. The number of hydrogen-bond donors (Lipinski definition) is 1. The molecular formula is C22H31N3O3. The molecule has 0 unspecified atom stereocenters. The Morgan fingerprint density at radius 3 is 2.39 bits per heavy atom. The smallest absolute Gasteiger partial charge is 0.229 e. The molecule has 1 N–H and O–H groups in total. The Balaban J connectivity index is 0.000000320. The summed E-state index contributed by atoms with van der Waals surface area (Å²) in [5, 5.41) is 7.29. The first-order chi connectivity index (χ1) is 13.5. The summed E-state index contributed by atoms with van der Waals surface area (Å²) in [4.78, 5) is 14.0. The third kappa shape index (κ3) is 4.73. The lowest BCUT2D eigenvalue weighted by Gasteiger charge is -2.19. The van der Waals surface area contributed by atoms with Gasteiger partial charge in [-0.3, -0.25) is 4.79 Å². The largest absolute Gasteiger partial charge is 0.496 e. The highest BCUT2D eigenvalue weighted by atomic mass is 16.5. The molecule has 6 nitrogen and oxygen atoms in total. The number of aryl methyl sites for hydroxylation is 2. The van der Waals surface area contributed by atoms with Crippen LogP contribution >= 0.6 is 0 Å². The van der Waals surface area contributed by atoms with Crippen LogP contribution in [0.5, 0.6) is 5.75 Å². The fourth-order valence-electron chi connectivity index (χ4n) is 3.50. The van der Waals surface area contributed by atoms with Crippen LogP contribution in [0.2, 0.25) is 0 Å². The van der Waals surface area contributed by atoms with Gasteiger partial charge in [0.2, 0.25) is 5.91 Å². The molecule has 1 aromatic carbocycles. The molecule has 0 atom stereocenters. The predicted molar refractivity (Wildman–Crippen MR) is 111 cm³/mol. The SMILES string of the molecule is C1CCNCC1.COc1ccc(N(C)C(=O)C2CC2)cc1-c1c(C)noc1C. The van der Waals surface area contributed by atoms with Crippen LogP contribution in [0, 0.1) is 19.8 Å². The maximum absolute atomic E-state index is 12.3. The Hall–Kier alpha value is -2.34. The number of rotatable bonds is 4. The van der Waals surface area contributed by atoms with Crippen LogP contribution in [0.15, 0.2) is 22.7 Å². The Morgan fingerprint density at radius 1 is 1.21 bits per heavy atom. The molecule has 2 fully saturated rings. The molecule has 0 bridgehead atoms. The number of anilines is 1. The normalized spacial score (nSPS) is 16.1. The van der Waals surface area contributed by atoms with Crippen LogP contribution in [0.4, 0.5) is 5.69 Å². The zero-order valence-corrected chi connectivity index (χ0v) is 17.4. The number of hydrogen-bond acceptors (Lipinski definition) is 5. The van der Waals surface area contributed by atoms with E-state index in [1.165, 1.54) is 32.4 Å². The zero-order chi connectivity index (χ0) is 20.1. The number of ether oxygens (including phenoxy) is 1. The standard InChI is InChI=1S/C17H20N2O3.C5H11N/c1-10-16(11(2)22-18-10)14-9-13(7-8-15(14)21-4)19(3)17(20)12-5-6-12;1-2-4-6-5-3-1/h7-9,12H,5-6H2,1-4H3;6H,1-5H2. The average Bonchev–Trinajstić information content (AvgIpc) is 3.53. The van der Waals surface area contributed by atoms with Gasteiger partial charge in [0.25, 0.3) is 0 Å². The van der Waals surface area contributed by atoms with Crippen molar-refractivity contribution in [2.24, 2.45) is 5.92 Å². The number of nitrogens with zero attached hydrogens (tertiary/aromatic N) is 2. The third-order valence-electron chi connectivity index (χ3n) is 5.34. The van der Waals surface area contributed by atoms with E-state index in [-0.39, 0.29) is 11.8 Å². The summed E-state index contributed by atoms with van der Waals surface area (Å²) < 4.78 is 10.7. The van der Waals surface area contributed by atoms with E-state index in [4.69, 9.17) is 9.26 Å². The fourth-order valence-corrected chi connectivity index (χ4v) is 3.50.